The van der Waals surface area contributed by atoms with E-state index in [1.807, 2.05) is 43.5 Å². The molecule has 1 atom stereocenters. The number of amides is 1. The number of hydrogen-bond donors (Lipinski definition) is 2. The first kappa shape index (κ1) is 13.7. The van der Waals surface area contributed by atoms with Crippen LogP contribution in [-0.2, 0) is 11.3 Å². The first-order chi connectivity index (χ1) is 9.06. The summed E-state index contributed by atoms with van der Waals surface area (Å²) in [4.78, 5) is 16.2. The van der Waals surface area contributed by atoms with Gasteiger partial charge in [0, 0.05) is 11.1 Å². The molecule has 19 heavy (non-hydrogen) atoms. The van der Waals surface area contributed by atoms with Crippen LogP contribution in [0.5, 0.6) is 0 Å². The van der Waals surface area contributed by atoms with Gasteiger partial charge in [-0.05, 0) is 19.4 Å². The van der Waals surface area contributed by atoms with Crippen molar-refractivity contribution in [1.29, 1.82) is 0 Å². The van der Waals surface area contributed by atoms with Crippen LogP contribution in [0.15, 0.2) is 29.6 Å². The summed E-state index contributed by atoms with van der Waals surface area (Å²) in [5.41, 5.74) is 8.86. The Bertz CT molecular complexity index is 562. The predicted octanol–water partition coefficient (Wildman–Crippen LogP) is 2.08. The van der Waals surface area contributed by atoms with Crippen LogP contribution in [0.25, 0.3) is 0 Å². The predicted molar refractivity (Wildman–Crippen MR) is 76.8 cm³/mol. The summed E-state index contributed by atoms with van der Waals surface area (Å²) in [6.45, 7) is 4.36. The molecule has 3 N–H and O–H groups in total. The molecule has 5 heteroatoms. The van der Waals surface area contributed by atoms with Gasteiger partial charge in [-0.25, -0.2) is 4.98 Å². The van der Waals surface area contributed by atoms with Crippen molar-refractivity contribution in [3.05, 3.63) is 51.5 Å². The minimum Gasteiger partial charge on any atom is -0.348 e. The molecule has 0 saturated carbocycles. The van der Waals surface area contributed by atoms with Crippen LogP contribution in [0.4, 0.5) is 0 Å². The number of carbonyl (C=O) groups excluding carboxylic acids is 1. The van der Waals surface area contributed by atoms with Crippen LogP contribution in [0.2, 0.25) is 0 Å². The number of nitrogens with zero attached hydrogens (tertiary/aromatic N) is 1. The van der Waals surface area contributed by atoms with Crippen molar-refractivity contribution in [3.63, 3.8) is 0 Å². The van der Waals surface area contributed by atoms with E-state index in [0.717, 1.165) is 21.8 Å². The monoisotopic (exact) mass is 275 g/mol. The minimum atomic E-state index is -0.637. The Morgan fingerprint density at radius 1 is 1.37 bits per heavy atom. The summed E-state index contributed by atoms with van der Waals surface area (Å²) in [6, 6.07) is 7.03. The first-order valence-electron chi connectivity index (χ1n) is 6.07. The Morgan fingerprint density at radius 3 is 2.63 bits per heavy atom. The molecule has 0 spiro atoms. The summed E-state index contributed by atoms with van der Waals surface area (Å²) >= 11 is 1.53. The molecule has 0 bridgehead atoms. The number of nitrogens with one attached hydrogen (secondary N) is 1. The van der Waals surface area contributed by atoms with E-state index in [-0.39, 0.29) is 5.91 Å². The highest BCUT2D eigenvalue weighted by atomic mass is 32.1. The zero-order valence-corrected chi connectivity index (χ0v) is 11.8. The second-order valence-corrected chi connectivity index (χ2v) is 5.43. The molecule has 0 aliphatic carbocycles. The normalized spacial score (nSPS) is 12.2. The summed E-state index contributed by atoms with van der Waals surface area (Å²) in [5.74, 6) is -0.184. The first-order valence-corrected chi connectivity index (χ1v) is 6.95. The van der Waals surface area contributed by atoms with E-state index in [1.165, 1.54) is 11.3 Å². The van der Waals surface area contributed by atoms with Gasteiger partial charge < -0.3 is 11.1 Å². The van der Waals surface area contributed by atoms with Gasteiger partial charge in [0.25, 0.3) is 0 Å². The summed E-state index contributed by atoms with van der Waals surface area (Å²) in [5, 5.41) is 5.66. The molecule has 1 amide bonds. The van der Waals surface area contributed by atoms with E-state index in [2.05, 4.69) is 10.3 Å². The van der Waals surface area contributed by atoms with Crippen molar-refractivity contribution >= 4 is 17.2 Å². The lowest BCUT2D eigenvalue weighted by molar-refractivity contribution is -0.122. The second-order valence-electron chi connectivity index (χ2n) is 4.49. The average Bonchev–Trinajstić information content (AvgIpc) is 2.82. The minimum absolute atomic E-state index is 0.184. The fourth-order valence-electron chi connectivity index (χ4n) is 1.68. The zero-order valence-electron chi connectivity index (χ0n) is 11.0. The number of benzene rings is 1. The summed E-state index contributed by atoms with van der Waals surface area (Å²) in [6.07, 6.45) is 0. The number of rotatable bonds is 4. The topological polar surface area (TPSA) is 68.0 Å². The van der Waals surface area contributed by atoms with Gasteiger partial charge >= 0.3 is 0 Å². The van der Waals surface area contributed by atoms with Crippen molar-refractivity contribution in [2.24, 2.45) is 5.73 Å². The Hall–Kier alpha value is -1.72. The molecular formula is C14H17N3OS. The fraction of sp³-hybridized carbons (Fsp3) is 0.286. The van der Waals surface area contributed by atoms with Crippen molar-refractivity contribution in [2.75, 3.05) is 0 Å². The van der Waals surface area contributed by atoms with E-state index in [4.69, 9.17) is 5.73 Å². The van der Waals surface area contributed by atoms with Crippen LogP contribution in [0, 0.1) is 13.8 Å². The Kier molecular flexibility index (Phi) is 4.29. The van der Waals surface area contributed by atoms with Crippen LogP contribution < -0.4 is 11.1 Å². The number of thiazole rings is 1. The van der Waals surface area contributed by atoms with Crippen molar-refractivity contribution in [1.82, 2.24) is 10.3 Å². The van der Waals surface area contributed by atoms with Gasteiger partial charge in [0.1, 0.15) is 11.0 Å². The standard InChI is InChI=1S/C14H17N3OS/c1-9-3-5-11(6-4-9)13(15)14(18)16-7-12-17-10(2)8-19-12/h3-6,8,13H,7,15H2,1-2H3,(H,16,18). The third-order valence-corrected chi connectivity index (χ3v) is 3.77. The Balaban J connectivity index is 1.94. The molecule has 1 heterocycles. The van der Waals surface area contributed by atoms with E-state index in [0.29, 0.717) is 6.54 Å². The van der Waals surface area contributed by atoms with Gasteiger partial charge in [-0.15, -0.1) is 11.3 Å². The molecule has 2 aromatic rings. The van der Waals surface area contributed by atoms with E-state index in [1.54, 1.807) is 0 Å². The highest BCUT2D eigenvalue weighted by Crippen LogP contribution is 2.12. The third-order valence-electron chi connectivity index (χ3n) is 2.80. The molecule has 100 valence electrons. The number of nitrogens with two attached hydrogens (primary N) is 1. The zero-order chi connectivity index (χ0) is 13.8. The Morgan fingerprint density at radius 2 is 2.05 bits per heavy atom. The third kappa shape index (κ3) is 3.62. The lowest BCUT2D eigenvalue weighted by atomic mass is 10.1. The summed E-state index contributed by atoms with van der Waals surface area (Å²) in [7, 11) is 0. The van der Waals surface area contributed by atoms with Crippen LogP contribution >= 0.6 is 11.3 Å². The summed E-state index contributed by atoms with van der Waals surface area (Å²) < 4.78 is 0. The van der Waals surface area contributed by atoms with Crippen LogP contribution in [-0.4, -0.2) is 10.9 Å². The maximum atomic E-state index is 11.9. The van der Waals surface area contributed by atoms with E-state index >= 15 is 0 Å². The molecule has 4 nitrogen and oxygen atoms in total. The number of aromatic nitrogens is 1. The van der Waals surface area contributed by atoms with Gasteiger partial charge in [0.15, 0.2) is 0 Å². The van der Waals surface area contributed by atoms with Crippen molar-refractivity contribution in [2.45, 2.75) is 26.4 Å². The number of aryl methyl sites for hydroxylation is 2. The fourth-order valence-corrected chi connectivity index (χ4v) is 2.39. The number of hydrogen-bond acceptors (Lipinski definition) is 4. The van der Waals surface area contributed by atoms with Gasteiger partial charge in [-0.2, -0.15) is 0 Å². The smallest absolute Gasteiger partial charge is 0.241 e. The quantitative estimate of drug-likeness (QED) is 0.897. The SMILES string of the molecule is Cc1ccc(C(N)C(=O)NCc2nc(C)cs2)cc1. The molecule has 1 aromatic heterocycles. The van der Waals surface area contributed by atoms with Crippen LogP contribution in [0.3, 0.4) is 0 Å². The molecule has 0 radical (unpaired) electrons. The lowest BCUT2D eigenvalue weighted by Gasteiger charge is -2.12. The average molecular weight is 275 g/mol. The lowest BCUT2D eigenvalue weighted by Crippen LogP contribution is -2.33. The highest BCUT2D eigenvalue weighted by molar-refractivity contribution is 7.09. The maximum absolute atomic E-state index is 11.9. The van der Waals surface area contributed by atoms with Crippen molar-refractivity contribution in [3.8, 4) is 0 Å². The second kappa shape index (κ2) is 5.95. The Labute approximate surface area is 116 Å². The number of carbonyl (C=O) groups is 1. The van der Waals surface area contributed by atoms with Gasteiger partial charge in [-0.3, -0.25) is 4.79 Å². The molecule has 1 aromatic carbocycles. The van der Waals surface area contributed by atoms with Crippen molar-refractivity contribution < 1.29 is 4.79 Å². The van der Waals surface area contributed by atoms with E-state index in [9.17, 15) is 4.79 Å². The molecule has 1 unspecified atom stereocenters. The maximum Gasteiger partial charge on any atom is 0.241 e. The molecule has 0 aliphatic heterocycles. The van der Waals surface area contributed by atoms with Gasteiger partial charge in [0.05, 0.1) is 6.54 Å². The van der Waals surface area contributed by atoms with Crippen LogP contribution in [0.1, 0.15) is 27.9 Å². The molecule has 0 fully saturated rings. The van der Waals surface area contributed by atoms with Gasteiger partial charge in [-0.1, -0.05) is 29.8 Å². The van der Waals surface area contributed by atoms with Gasteiger partial charge in [0.2, 0.25) is 5.91 Å². The highest BCUT2D eigenvalue weighted by Gasteiger charge is 2.15. The molecular weight excluding hydrogens is 258 g/mol. The largest absolute Gasteiger partial charge is 0.348 e. The molecule has 0 saturated heterocycles. The molecule has 0 aliphatic rings. The molecule has 2 rings (SSSR count). The van der Waals surface area contributed by atoms with E-state index < -0.39 is 6.04 Å².